The number of aliphatic hydroxyl groups excluding tert-OH is 1. The molecule has 6 heteroatoms. The quantitative estimate of drug-likeness (QED) is 0.547. The fourth-order valence-corrected chi connectivity index (χ4v) is 3.11. The molecule has 0 amide bonds. The second kappa shape index (κ2) is 7.97. The summed E-state index contributed by atoms with van der Waals surface area (Å²) in [5.74, 6) is 1.54. The Morgan fingerprint density at radius 2 is 1.96 bits per heavy atom. The van der Waals surface area contributed by atoms with Crippen LogP contribution in [0.5, 0.6) is 11.5 Å². The molecular weight excluding hydrogens is 296 g/mol. The first-order chi connectivity index (χ1) is 11.2. The highest BCUT2D eigenvalue weighted by Crippen LogP contribution is 2.30. The van der Waals surface area contributed by atoms with Crippen molar-refractivity contribution in [3.05, 3.63) is 24.3 Å². The van der Waals surface area contributed by atoms with E-state index >= 15 is 0 Å². The van der Waals surface area contributed by atoms with E-state index < -0.39 is 6.10 Å². The van der Waals surface area contributed by atoms with Gasteiger partial charge in [0, 0.05) is 0 Å². The number of piperazine rings is 1. The van der Waals surface area contributed by atoms with Crippen molar-refractivity contribution in [1.29, 1.82) is 0 Å². The van der Waals surface area contributed by atoms with Gasteiger partial charge in [-0.1, -0.05) is 12.1 Å². The van der Waals surface area contributed by atoms with Gasteiger partial charge in [0.15, 0.2) is 17.6 Å². The minimum atomic E-state index is -0.416. The summed E-state index contributed by atoms with van der Waals surface area (Å²) in [4.78, 5) is 3.05. The van der Waals surface area contributed by atoms with Crippen molar-refractivity contribution in [2.24, 2.45) is 0 Å². The number of para-hydroxylation sites is 2. The lowest BCUT2D eigenvalue weighted by atomic mass is 10.2. The number of aliphatic hydroxyl groups is 1. The van der Waals surface area contributed by atoms with Crippen LogP contribution in [0.3, 0.4) is 0 Å². The first-order valence-corrected chi connectivity index (χ1v) is 8.50. The lowest BCUT2D eigenvalue weighted by Gasteiger charge is -2.29. The van der Waals surface area contributed by atoms with Crippen LogP contribution in [0.1, 0.15) is 0 Å². The highest BCUT2D eigenvalue weighted by molar-refractivity contribution is 5.40. The number of quaternary nitrogens is 2. The molecule has 2 heterocycles. The van der Waals surface area contributed by atoms with Crippen LogP contribution in [0.2, 0.25) is 0 Å². The smallest absolute Gasteiger partial charge is 0.161 e. The third-order valence-electron chi connectivity index (χ3n) is 4.52. The highest BCUT2D eigenvalue weighted by atomic mass is 16.6. The monoisotopic (exact) mass is 324 g/mol. The molecule has 2 atom stereocenters. The molecule has 2 aliphatic rings. The van der Waals surface area contributed by atoms with Gasteiger partial charge in [0.1, 0.15) is 45.4 Å². The number of nitrogens with one attached hydrogen (secondary N) is 2. The van der Waals surface area contributed by atoms with Crippen molar-refractivity contribution in [3.8, 4) is 11.5 Å². The SMILES string of the molecule is C[NH+]1CC[NH+](C[C@@H](O)COC[C@@H]2COc3ccccc3O2)CC1. The second-order valence-corrected chi connectivity index (χ2v) is 6.60. The molecule has 1 fully saturated rings. The van der Waals surface area contributed by atoms with Gasteiger partial charge >= 0.3 is 0 Å². The summed E-state index contributed by atoms with van der Waals surface area (Å²) >= 11 is 0. The largest absolute Gasteiger partial charge is 0.486 e. The number of ether oxygens (including phenoxy) is 3. The third-order valence-corrected chi connectivity index (χ3v) is 4.52. The molecule has 0 radical (unpaired) electrons. The standard InChI is InChI=1S/C17H26N2O4/c1-18-6-8-19(9-7-18)10-14(20)11-21-12-15-13-22-16-4-2-3-5-17(16)23-15/h2-5,14-15,20H,6-13H2,1H3/p+2/t14-,15-/m1/s1. The zero-order valence-corrected chi connectivity index (χ0v) is 13.8. The van der Waals surface area contributed by atoms with Crippen molar-refractivity contribution in [3.63, 3.8) is 0 Å². The summed E-state index contributed by atoms with van der Waals surface area (Å²) in [6, 6.07) is 7.65. The van der Waals surface area contributed by atoms with Crippen molar-refractivity contribution in [1.82, 2.24) is 0 Å². The number of rotatable bonds is 6. The zero-order chi connectivity index (χ0) is 16.1. The lowest BCUT2D eigenvalue weighted by Crippen LogP contribution is -3.27. The van der Waals surface area contributed by atoms with Crippen LogP contribution >= 0.6 is 0 Å². The van der Waals surface area contributed by atoms with Gasteiger partial charge in [0.2, 0.25) is 0 Å². The van der Waals surface area contributed by atoms with Gasteiger partial charge in [-0.05, 0) is 12.1 Å². The highest BCUT2D eigenvalue weighted by Gasteiger charge is 2.24. The Labute approximate surface area is 137 Å². The van der Waals surface area contributed by atoms with Crippen molar-refractivity contribution >= 4 is 0 Å². The van der Waals surface area contributed by atoms with Gasteiger partial charge in [-0.2, -0.15) is 0 Å². The summed E-state index contributed by atoms with van der Waals surface area (Å²) in [6.07, 6.45) is -0.531. The van der Waals surface area contributed by atoms with Crippen LogP contribution < -0.4 is 19.3 Å². The van der Waals surface area contributed by atoms with Gasteiger partial charge < -0.3 is 29.1 Å². The van der Waals surface area contributed by atoms with Crippen molar-refractivity contribution < 1.29 is 29.1 Å². The van der Waals surface area contributed by atoms with E-state index in [2.05, 4.69) is 7.05 Å². The first kappa shape index (κ1) is 16.5. The summed E-state index contributed by atoms with van der Waals surface area (Å²) in [7, 11) is 2.22. The molecule has 3 rings (SSSR count). The first-order valence-electron chi connectivity index (χ1n) is 8.50. The average Bonchev–Trinajstić information content (AvgIpc) is 2.57. The lowest BCUT2D eigenvalue weighted by molar-refractivity contribution is -1.00. The topological polar surface area (TPSA) is 56.8 Å². The Morgan fingerprint density at radius 1 is 1.22 bits per heavy atom. The molecule has 6 nitrogen and oxygen atoms in total. The molecular formula is C17H28N2O4+2. The van der Waals surface area contributed by atoms with Gasteiger partial charge in [-0.15, -0.1) is 0 Å². The Kier molecular flexibility index (Phi) is 5.72. The molecule has 0 aliphatic carbocycles. The van der Waals surface area contributed by atoms with E-state index in [-0.39, 0.29) is 6.10 Å². The van der Waals surface area contributed by atoms with E-state index in [4.69, 9.17) is 14.2 Å². The predicted octanol–water partition coefficient (Wildman–Crippen LogP) is -2.38. The van der Waals surface area contributed by atoms with Crippen LogP contribution in [-0.2, 0) is 4.74 Å². The number of fused-ring (bicyclic) bond motifs is 1. The predicted molar refractivity (Wildman–Crippen MR) is 85.4 cm³/mol. The normalized spacial score (nSPS) is 28.3. The van der Waals surface area contributed by atoms with Crippen LogP contribution in [-0.4, -0.2) is 76.9 Å². The van der Waals surface area contributed by atoms with Gasteiger partial charge in [0.05, 0.1) is 20.3 Å². The molecule has 128 valence electrons. The molecule has 23 heavy (non-hydrogen) atoms. The molecule has 0 aromatic heterocycles. The number of benzene rings is 1. The number of hydrogen-bond acceptors (Lipinski definition) is 4. The van der Waals surface area contributed by atoms with Crippen LogP contribution in [0.4, 0.5) is 0 Å². The Hall–Kier alpha value is -1.34. The number of likely N-dealkylation sites (N-methyl/N-ethyl adjacent to an activating group) is 1. The zero-order valence-electron chi connectivity index (χ0n) is 13.8. The fraction of sp³-hybridized carbons (Fsp3) is 0.647. The molecule has 0 saturated carbocycles. The molecule has 0 bridgehead atoms. The van der Waals surface area contributed by atoms with Crippen LogP contribution in [0.15, 0.2) is 24.3 Å². The maximum absolute atomic E-state index is 10.1. The van der Waals surface area contributed by atoms with E-state index in [9.17, 15) is 5.11 Å². The van der Waals surface area contributed by atoms with Gasteiger partial charge in [0.25, 0.3) is 0 Å². The van der Waals surface area contributed by atoms with Gasteiger partial charge in [-0.25, -0.2) is 0 Å². The molecule has 1 saturated heterocycles. The summed E-state index contributed by atoms with van der Waals surface area (Å²) < 4.78 is 17.1. The van der Waals surface area contributed by atoms with Gasteiger partial charge in [-0.3, -0.25) is 0 Å². The Morgan fingerprint density at radius 3 is 2.74 bits per heavy atom. The molecule has 0 spiro atoms. The molecule has 3 N–H and O–H groups in total. The maximum atomic E-state index is 10.1. The third kappa shape index (κ3) is 4.81. The summed E-state index contributed by atoms with van der Waals surface area (Å²) in [5, 5.41) is 10.1. The van der Waals surface area contributed by atoms with E-state index in [0.29, 0.717) is 19.8 Å². The average molecular weight is 324 g/mol. The van der Waals surface area contributed by atoms with Crippen LogP contribution in [0, 0.1) is 0 Å². The Balaban J connectivity index is 1.34. The van der Waals surface area contributed by atoms with E-state index in [1.54, 1.807) is 4.90 Å². The molecule has 2 aliphatic heterocycles. The summed E-state index contributed by atoms with van der Waals surface area (Å²) in [5.41, 5.74) is 0. The summed E-state index contributed by atoms with van der Waals surface area (Å²) in [6.45, 7) is 6.64. The van der Waals surface area contributed by atoms with Crippen molar-refractivity contribution in [2.75, 3.05) is 59.6 Å². The van der Waals surface area contributed by atoms with E-state index in [1.165, 1.54) is 18.0 Å². The Bertz CT molecular complexity index is 491. The van der Waals surface area contributed by atoms with Crippen LogP contribution in [0.25, 0.3) is 0 Å². The molecule has 1 aromatic rings. The molecule has 1 aromatic carbocycles. The molecule has 0 unspecified atom stereocenters. The minimum absolute atomic E-state index is 0.114. The minimum Gasteiger partial charge on any atom is -0.486 e. The number of hydrogen-bond donors (Lipinski definition) is 3. The fourth-order valence-electron chi connectivity index (χ4n) is 3.11. The van der Waals surface area contributed by atoms with E-state index in [0.717, 1.165) is 31.1 Å². The van der Waals surface area contributed by atoms with Crippen molar-refractivity contribution in [2.45, 2.75) is 12.2 Å². The maximum Gasteiger partial charge on any atom is 0.161 e. The second-order valence-electron chi connectivity index (χ2n) is 6.60. The van der Waals surface area contributed by atoms with E-state index in [1.807, 2.05) is 24.3 Å².